The minimum absolute atomic E-state index is 0.0729. The highest BCUT2D eigenvalue weighted by Crippen LogP contribution is 2.53. The number of benzene rings is 2. The Kier molecular flexibility index (Phi) is 3.15. The Bertz CT molecular complexity index is 998. The molecular formula is C22H17NO5. The lowest BCUT2D eigenvalue weighted by molar-refractivity contribution is -0.123. The van der Waals surface area contributed by atoms with Crippen LogP contribution in [0.15, 0.2) is 54.6 Å². The van der Waals surface area contributed by atoms with Crippen LogP contribution in [0.1, 0.15) is 6.42 Å². The van der Waals surface area contributed by atoms with E-state index >= 15 is 0 Å². The van der Waals surface area contributed by atoms with Gasteiger partial charge in [-0.1, -0.05) is 12.2 Å². The molecule has 1 saturated heterocycles. The molecule has 28 heavy (non-hydrogen) atoms. The van der Waals surface area contributed by atoms with Gasteiger partial charge in [0, 0.05) is 6.07 Å². The molecule has 2 amide bonds. The van der Waals surface area contributed by atoms with E-state index in [4.69, 9.17) is 14.2 Å². The lowest BCUT2D eigenvalue weighted by Crippen LogP contribution is -2.32. The summed E-state index contributed by atoms with van der Waals surface area (Å²) in [6.07, 6.45) is 5.13. The molecule has 0 spiro atoms. The van der Waals surface area contributed by atoms with Crippen molar-refractivity contribution in [3.8, 4) is 23.0 Å². The van der Waals surface area contributed by atoms with Crippen molar-refractivity contribution in [3.63, 3.8) is 0 Å². The van der Waals surface area contributed by atoms with E-state index in [1.165, 1.54) is 4.90 Å². The number of imide groups is 1. The number of anilines is 1. The summed E-state index contributed by atoms with van der Waals surface area (Å²) < 4.78 is 16.5. The number of amides is 2. The van der Waals surface area contributed by atoms with E-state index < -0.39 is 0 Å². The Balaban J connectivity index is 1.23. The molecule has 2 aliphatic heterocycles. The van der Waals surface area contributed by atoms with Gasteiger partial charge >= 0.3 is 0 Å². The van der Waals surface area contributed by atoms with Crippen molar-refractivity contribution in [3.05, 3.63) is 54.6 Å². The van der Waals surface area contributed by atoms with Gasteiger partial charge in [0.05, 0.1) is 17.5 Å². The van der Waals surface area contributed by atoms with E-state index in [0.717, 1.165) is 6.42 Å². The Hall–Kier alpha value is -3.28. The third kappa shape index (κ3) is 2.14. The molecule has 2 bridgehead atoms. The molecule has 2 aromatic carbocycles. The summed E-state index contributed by atoms with van der Waals surface area (Å²) in [6.45, 7) is 0.213. The van der Waals surface area contributed by atoms with E-state index in [0.29, 0.717) is 28.7 Å². The normalized spacial score (nSPS) is 28.9. The van der Waals surface area contributed by atoms with Crippen LogP contribution in [0.3, 0.4) is 0 Å². The second-order valence-electron chi connectivity index (χ2n) is 7.62. The van der Waals surface area contributed by atoms with Gasteiger partial charge in [-0.3, -0.25) is 14.5 Å². The summed E-state index contributed by atoms with van der Waals surface area (Å²) in [5.74, 6) is 2.49. The first-order valence-corrected chi connectivity index (χ1v) is 9.43. The molecule has 4 aliphatic rings. The number of ether oxygens (including phenoxy) is 3. The highest BCUT2D eigenvalue weighted by molar-refractivity contribution is 6.22. The average molecular weight is 375 g/mol. The standard InChI is InChI=1S/C22H17NO5/c24-21-19-12-1-2-13(9-12)20(19)22(25)23(21)14-3-5-15(6-4-14)28-16-7-8-17-18(10-16)27-11-26-17/h1-8,10,12-13,19-20H,9,11H2/t12-,13-,19-,20-/m0/s1. The fourth-order valence-corrected chi connectivity index (χ4v) is 4.90. The highest BCUT2D eigenvalue weighted by atomic mass is 16.7. The SMILES string of the molecule is O=C1[C@@H]2[C@@H](C(=O)N1c1ccc(Oc3ccc4c(c3)OCO4)cc1)[C@H]1C=C[C@H]2C1. The number of rotatable bonds is 3. The van der Waals surface area contributed by atoms with Crippen molar-refractivity contribution < 1.29 is 23.8 Å². The number of allylic oxidation sites excluding steroid dienone is 2. The maximum atomic E-state index is 12.9. The molecule has 2 fully saturated rings. The maximum absolute atomic E-state index is 12.9. The van der Waals surface area contributed by atoms with Gasteiger partial charge in [-0.25, -0.2) is 0 Å². The summed E-state index contributed by atoms with van der Waals surface area (Å²) >= 11 is 0. The van der Waals surface area contributed by atoms with Crippen LogP contribution in [-0.2, 0) is 9.59 Å². The molecule has 2 aromatic rings. The minimum Gasteiger partial charge on any atom is -0.457 e. The summed E-state index contributed by atoms with van der Waals surface area (Å²) in [6, 6.07) is 12.4. The second kappa shape index (κ2) is 5.61. The number of carbonyl (C=O) groups is 2. The van der Waals surface area contributed by atoms with Crippen LogP contribution in [-0.4, -0.2) is 18.6 Å². The smallest absolute Gasteiger partial charge is 0.238 e. The molecule has 0 aromatic heterocycles. The van der Waals surface area contributed by atoms with Gasteiger partial charge in [-0.2, -0.15) is 0 Å². The van der Waals surface area contributed by atoms with Crippen molar-refractivity contribution in [2.24, 2.45) is 23.7 Å². The van der Waals surface area contributed by atoms with Gasteiger partial charge in [0.1, 0.15) is 11.5 Å². The van der Waals surface area contributed by atoms with Crippen LogP contribution in [0.25, 0.3) is 0 Å². The van der Waals surface area contributed by atoms with Crippen LogP contribution in [0.5, 0.6) is 23.0 Å². The van der Waals surface area contributed by atoms with Crippen LogP contribution in [0.4, 0.5) is 5.69 Å². The van der Waals surface area contributed by atoms with E-state index in [9.17, 15) is 9.59 Å². The van der Waals surface area contributed by atoms with Crippen LogP contribution < -0.4 is 19.1 Å². The maximum Gasteiger partial charge on any atom is 0.238 e. The Morgan fingerprint density at radius 2 is 1.46 bits per heavy atom. The summed E-state index contributed by atoms with van der Waals surface area (Å²) in [5, 5.41) is 0. The molecule has 0 radical (unpaired) electrons. The average Bonchev–Trinajstić information content (AvgIpc) is 3.47. The second-order valence-corrected chi connectivity index (χ2v) is 7.62. The zero-order valence-corrected chi connectivity index (χ0v) is 14.9. The van der Waals surface area contributed by atoms with Crippen molar-refractivity contribution >= 4 is 17.5 Å². The molecule has 0 N–H and O–H groups in total. The van der Waals surface area contributed by atoms with Crippen molar-refractivity contribution in [1.82, 2.24) is 0 Å². The lowest BCUT2D eigenvalue weighted by atomic mass is 9.85. The third-order valence-electron chi connectivity index (χ3n) is 6.15. The number of carbonyl (C=O) groups excluding carboxylic acids is 2. The zero-order valence-electron chi connectivity index (χ0n) is 14.9. The zero-order chi connectivity index (χ0) is 18.8. The van der Waals surface area contributed by atoms with Gasteiger partial charge < -0.3 is 14.2 Å². The summed E-state index contributed by atoms with van der Waals surface area (Å²) in [7, 11) is 0. The highest BCUT2D eigenvalue weighted by Gasteiger charge is 2.59. The minimum atomic E-state index is -0.188. The Morgan fingerprint density at radius 1 is 0.821 bits per heavy atom. The number of fused-ring (bicyclic) bond motifs is 6. The number of nitrogens with zero attached hydrogens (tertiary/aromatic N) is 1. The van der Waals surface area contributed by atoms with E-state index in [2.05, 4.69) is 12.2 Å². The van der Waals surface area contributed by atoms with Crippen molar-refractivity contribution in [2.45, 2.75) is 6.42 Å². The van der Waals surface area contributed by atoms with E-state index in [1.807, 2.05) is 0 Å². The van der Waals surface area contributed by atoms with Gasteiger partial charge in [-0.05, 0) is 54.7 Å². The first-order valence-electron chi connectivity index (χ1n) is 9.43. The fourth-order valence-electron chi connectivity index (χ4n) is 4.90. The van der Waals surface area contributed by atoms with E-state index in [1.54, 1.807) is 42.5 Å². The monoisotopic (exact) mass is 375 g/mol. The lowest BCUT2D eigenvalue weighted by Gasteiger charge is -2.17. The molecule has 6 nitrogen and oxygen atoms in total. The Labute approximate surface area is 161 Å². The molecule has 1 saturated carbocycles. The third-order valence-corrected chi connectivity index (χ3v) is 6.15. The topological polar surface area (TPSA) is 65.1 Å². The largest absolute Gasteiger partial charge is 0.457 e. The van der Waals surface area contributed by atoms with Gasteiger partial charge in [0.25, 0.3) is 0 Å². The molecular weight excluding hydrogens is 358 g/mol. The molecule has 0 unspecified atom stereocenters. The summed E-state index contributed by atoms with van der Waals surface area (Å²) in [5.41, 5.74) is 0.599. The van der Waals surface area contributed by atoms with Gasteiger partial charge in [0.15, 0.2) is 11.5 Å². The number of hydrogen-bond acceptors (Lipinski definition) is 5. The molecule has 6 heteroatoms. The Morgan fingerprint density at radius 3 is 2.18 bits per heavy atom. The molecule has 2 aliphatic carbocycles. The molecule has 2 heterocycles. The van der Waals surface area contributed by atoms with Gasteiger partial charge in [0.2, 0.25) is 18.6 Å². The molecule has 6 rings (SSSR count). The molecule has 4 atom stereocenters. The first-order chi connectivity index (χ1) is 13.7. The number of hydrogen-bond donors (Lipinski definition) is 0. The fraction of sp³-hybridized carbons (Fsp3) is 0.273. The molecule has 140 valence electrons. The van der Waals surface area contributed by atoms with Crippen LogP contribution >= 0.6 is 0 Å². The van der Waals surface area contributed by atoms with Crippen molar-refractivity contribution in [2.75, 3.05) is 11.7 Å². The van der Waals surface area contributed by atoms with Crippen LogP contribution in [0, 0.1) is 23.7 Å². The quantitative estimate of drug-likeness (QED) is 0.607. The summed E-state index contributed by atoms with van der Waals surface area (Å²) in [4.78, 5) is 27.1. The predicted molar refractivity (Wildman–Crippen MR) is 99.3 cm³/mol. The predicted octanol–water partition coefficient (Wildman–Crippen LogP) is 3.52. The first kappa shape index (κ1) is 15.7. The van der Waals surface area contributed by atoms with Gasteiger partial charge in [-0.15, -0.1) is 0 Å². The van der Waals surface area contributed by atoms with Crippen molar-refractivity contribution in [1.29, 1.82) is 0 Å². The van der Waals surface area contributed by atoms with E-state index in [-0.39, 0.29) is 42.3 Å². The van der Waals surface area contributed by atoms with Crippen LogP contribution in [0.2, 0.25) is 0 Å².